The maximum absolute atomic E-state index is 5.32. The van der Waals surface area contributed by atoms with E-state index in [1.54, 1.807) is 0 Å². The quantitative estimate of drug-likeness (QED) is 0.195. The number of hydrogen-bond donors (Lipinski definition) is 0. The number of aryl methyl sites for hydroxylation is 5. The first-order chi connectivity index (χ1) is 22.8. The van der Waals surface area contributed by atoms with E-state index in [4.69, 9.17) is 10.1 Å². The summed E-state index contributed by atoms with van der Waals surface area (Å²) in [5, 5.41) is 5.24. The lowest BCUT2D eigenvalue weighted by Crippen LogP contribution is -2.28. The van der Waals surface area contributed by atoms with Gasteiger partial charge in [-0.05, 0) is 97.3 Å². The maximum atomic E-state index is 5.32. The van der Waals surface area contributed by atoms with Crippen LogP contribution in [-0.2, 0) is 5.41 Å². The average Bonchev–Trinajstić information content (AvgIpc) is 3.63. The van der Waals surface area contributed by atoms with Gasteiger partial charge in [0.2, 0.25) is 0 Å². The molecule has 0 aliphatic heterocycles. The van der Waals surface area contributed by atoms with Crippen molar-refractivity contribution in [3.05, 3.63) is 184 Å². The standard InChI is InChI=1S/C44H37N3/c1-28-22-29(2)26-34(25-28)42-45-43(47(46-42)41-31(4)23-30(3)24-32(41)5)33-14-13-17-36(27-33)44(35-15-7-6-8-16-35)39-20-11-9-18-37(39)38-19-10-12-21-40(38)44/h6-27H,1-5H3. The summed E-state index contributed by atoms with van der Waals surface area (Å²) in [7, 11) is 0. The Balaban J connectivity index is 1.41. The van der Waals surface area contributed by atoms with Gasteiger partial charge in [-0.25, -0.2) is 9.67 Å². The summed E-state index contributed by atoms with van der Waals surface area (Å²) in [6, 6.07) is 48.7. The fourth-order valence-electron chi connectivity index (χ4n) is 7.99. The zero-order valence-corrected chi connectivity index (χ0v) is 27.5. The highest BCUT2D eigenvalue weighted by Crippen LogP contribution is 2.56. The minimum Gasteiger partial charge on any atom is -0.212 e. The van der Waals surface area contributed by atoms with Crippen LogP contribution in [0.4, 0.5) is 0 Å². The summed E-state index contributed by atoms with van der Waals surface area (Å²) < 4.78 is 2.07. The molecule has 1 aromatic heterocycles. The zero-order valence-electron chi connectivity index (χ0n) is 27.5. The van der Waals surface area contributed by atoms with Gasteiger partial charge in [0.05, 0.1) is 11.1 Å². The molecule has 6 aromatic carbocycles. The fourth-order valence-corrected chi connectivity index (χ4v) is 7.99. The van der Waals surface area contributed by atoms with Crippen LogP contribution in [0, 0.1) is 34.6 Å². The minimum atomic E-state index is -0.485. The van der Waals surface area contributed by atoms with Gasteiger partial charge in [-0.15, -0.1) is 5.10 Å². The summed E-state index contributed by atoms with van der Waals surface area (Å²) in [5.74, 6) is 1.56. The van der Waals surface area contributed by atoms with Gasteiger partial charge < -0.3 is 0 Å². The highest BCUT2D eigenvalue weighted by molar-refractivity contribution is 5.86. The van der Waals surface area contributed by atoms with Gasteiger partial charge in [-0.2, -0.15) is 0 Å². The highest BCUT2D eigenvalue weighted by atomic mass is 15.4. The molecule has 8 rings (SSSR count). The van der Waals surface area contributed by atoms with Gasteiger partial charge in [-0.3, -0.25) is 0 Å². The number of rotatable bonds is 5. The van der Waals surface area contributed by atoms with Crippen molar-refractivity contribution in [1.82, 2.24) is 14.8 Å². The first kappa shape index (κ1) is 28.9. The van der Waals surface area contributed by atoms with E-state index in [0.717, 1.165) is 28.5 Å². The summed E-state index contributed by atoms with van der Waals surface area (Å²) >= 11 is 0. The van der Waals surface area contributed by atoms with E-state index in [1.807, 2.05) is 0 Å². The highest BCUT2D eigenvalue weighted by Gasteiger charge is 2.46. The number of nitrogens with zero attached hydrogens (tertiary/aromatic N) is 3. The van der Waals surface area contributed by atoms with E-state index in [9.17, 15) is 0 Å². The molecule has 3 heteroatoms. The van der Waals surface area contributed by atoms with Crippen LogP contribution in [0.25, 0.3) is 39.6 Å². The number of aromatic nitrogens is 3. The summed E-state index contributed by atoms with van der Waals surface area (Å²) in [4.78, 5) is 5.32. The molecule has 0 saturated carbocycles. The Bertz CT molecular complexity index is 2220. The predicted octanol–water partition coefficient (Wildman–Crippen LogP) is 10.5. The molecule has 0 unspecified atom stereocenters. The van der Waals surface area contributed by atoms with Gasteiger partial charge in [0.25, 0.3) is 0 Å². The van der Waals surface area contributed by atoms with Gasteiger partial charge in [0, 0.05) is 11.1 Å². The van der Waals surface area contributed by atoms with Crippen LogP contribution in [0.15, 0.2) is 133 Å². The van der Waals surface area contributed by atoms with Gasteiger partial charge in [0.1, 0.15) is 0 Å². The van der Waals surface area contributed by atoms with Gasteiger partial charge >= 0.3 is 0 Å². The SMILES string of the molecule is Cc1cc(C)cc(-c2nc(-c3cccc(C4(c5ccccc5)c5ccccc5-c5ccccc54)c3)n(-c3c(C)cc(C)cc3C)n2)c1. The van der Waals surface area contributed by atoms with Crippen LogP contribution < -0.4 is 0 Å². The van der Waals surface area contributed by atoms with Crippen molar-refractivity contribution in [1.29, 1.82) is 0 Å². The van der Waals surface area contributed by atoms with Gasteiger partial charge in [-0.1, -0.05) is 132 Å². The summed E-state index contributed by atoms with van der Waals surface area (Å²) in [6.45, 7) is 10.8. The van der Waals surface area contributed by atoms with Crippen LogP contribution in [0.2, 0.25) is 0 Å². The second-order valence-electron chi connectivity index (χ2n) is 13.1. The van der Waals surface area contributed by atoms with Crippen molar-refractivity contribution in [3.63, 3.8) is 0 Å². The van der Waals surface area contributed by atoms with Crippen LogP contribution in [0.1, 0.15) is 50.1 Å². The molecule has 1 heterocycles. The van der Waals surface area contributed by atoms with E-state index < -0.39 is 5.41 Å². The molecule has 1 aliphatic carbocycles. The molecule has 1 aliphatic rings. The Morgan fingerprint density at radius 2 is 1.04 bits per heavy atom. The Morgan fingerprint density at radius 1 is 0.489 bits per heavy atom. The molecule has 0 spiro atoms. The summed E-state index contributed by atoms with van der Waals surface area (Å²) in [5.41, 5.74) is 16.3. The Kier molecular flexibility index (Phi) is 6.80. The molecule has 0 bridgehead atoms. The topological polar surface area (TPSA) is 30.7 Å². The lowest BCUT2D eigenvalue weighted by Gasteiger charge is -2.34. The second kappa shape index (κ2) is 11.1. The van der Waals surface area contributed by atoms with Crippen LogP contribution >= 0.6 is 0 Å². The molecule has 0 N–H and O–H groups in total. The summed E-state index contributed by atoms with van der Waals surface area (Å²) in [6.07, 6.45) is 0. The van der Waals surface area contributed by atoms with E-state index in [1.165, 1.54) is 61.2 Å². The Morgan fingerprint density at radius 3 is 1.68 bits per heavy atom. The smallest absolute Gasteiger partial charge is 0.182 e. The molecule has 0 fully saturated rings. The first-order valence-corrected chi connectivity index (χ1v) is 16.3. The van der Waals surface area contributed by atoms with Crippen molar-refractivity contribution in [2.45, 2.75) is 40.0 Å². The molecule has 0 saturated heterocycles. The minimum absolute atomic E-state index is 0.485. The Labute approximate surface area is 277 Å². The van der Waals surface area contributed by atoms with Crippen molar-refractivity contribution in [2.24, 2.45) is 0 Å². The normalized spacial score (nSPS) is 13.0. The molecule has 228 valence electrons. The molecule has 3 nitrogen and oxygen atoms in total. The lowest BCUT2D eigenvalue weighted by molar-refractivity contribution is 0.768. The van der Waals surface area contributed by atoms with Crippen LogP contribution in [0.5, 0.6) is 0 Å². The van der Waals surface area contributed by atoms with Crippen LogP contribution in [0.3, 0.4) is 0 Å². The third-order valence-corrected chi connectivity index (χ3v) is 9.65. The maximum Gasteiger partial charge on any atom is 0.182 e. The second-order valence-corrected chi connectivity index (χ2v) is 13.1. The predicted molar refractivity (Wildman–Crippen MR) is 193 cm³/mol. The molecule has 0 radical (unpaired) electrons. The van der Waals surface area contributed by atoms with Crippen molar-refractivity contribution in [2.75, 3.05) is 0 Å². The average molecular weight is 608 g/mol. The monoisotopic (exact) mass is 607 g/mol. The lowest BCUT2D eigenvalue weighted by atomic mass is 9.67. The molecule has 47 heavy (non-hydrogen) atoms. The first-order valence-electron chi connectivity index (χ1n) is 16.3. The molecule has 7 aromatic rings. The number of fused-ring (bicyclic) bond motifs is 3. The third-order valence-electron chi connectivity index (χ3n) is 9.65. The van der Waals surface area contributed by atoms with E-state index in [-0.39, 0.29) is 0 Å². The van der Waals surface area contributed by atoms with E-state index >= 15 is 0 Å². The number of hydrogen-bond acceptors (Lipinski definition) is 2. The van der Waals surface area contributed by atoms with Crippen molar-refractivity contribution < 1.29 is 0 Å². The van der Waals surface area contributed by atoms with Gasteiger partial charge in [0.15, 0.2) is 11.6 Å². The van der Waals surface area contributed by atoms with Crippen molar-refractivity contribution in [3.8, 4) is 39.6 Å². The molecule has 0 atom stereocenters. The zero-order chi connectivity index (χ0) is 32.3. The Hall–Kier alpha value is -5.54. The molecule has 0 amide bonds. The van der Waals surface area contributed by atoms with E-state index in [2.05, 4.69) is 173 Å². The molecular formula is C44H37N3. The van der Waals surface area contributed by atoms with Crippen LogP contribution in [-0.4, -0.2) is 14.8 Å². The van der Waals surface area contributed by atoms with E-state index in [0.29, 0.717) is 0 Å². The number of benzene rings is 6. The molecular weight excluding hydrogens is 571 g/mol. The fraction of sp³-hybridized carbons (Fsp3) is 0.136. The van der Waals surface area contributed by atoms with Crippen molar-refractivity contribution >= 4 is 0 Å². The largest absolute Gasteiger partial charge is 0.212 e. The third kappa shape index (κ3) is 4.57.